The highest BCUT2D eigenvalue weighted by molar-refractivity contribution is 5.11. The third-order valence-corrected chi connectivity index (χ3v) is 3.84. The monoisotopic (exact) mass is 266 g/mol. The molecule has 1 aliphatic rings. The van der Waals surface area contributed by atoms with Crippen LogP contribution in [0.4, 0.5) is 0 Å². The molecule has 0 spiro atoms. The van der Waals surface area contributed by atoms with Gasteiger partial charge in [0, 0.05) is 31.4 Å². The predicted octanol–water partition coefficient (Wildman–Crippen LogP) is 1.57. The summed E-state index contributed by atoms with van der Waals surface area (Å²) in [6.07, 6.45) is 3.91. The Balaban J connectivity index is 2.37. The number of hydrogen-bond donors (Lipinski definition) is 1. The minimum Gasteiger partial charge on any atom is -0.374 e. The fourth-order valence-corrected chi connectivity index (χ4v) is 2.87. The number of hydrogen-bond acceptors (Lipinski definition) is 4. The first-order valence-corrected chi connectivity index (χ1v) is 7.15. The SMILES string of the molecule is CC(C)N1CCOC(CN)C1c1cncn1C(C)C. The van der Waals surface area contributed by atoms with E-state index < -0.39 is 0 Å². The molecule has 1 aliphatic heterocycles. The van der Waals surface area contributed by atoms with E-state index in [0.717, 1.165) is 13.2 Å². The molecule has 0 bridgehead atoms. The predicted molar refractivity (Wildman–Crippen MR) is 76.0 cm³/mol. The molecule has 2 heterocycles. The van der Waals surface area contributed by atoms with E-state index in [1.807, 2.05) is 12.5 Å². The summed E-state index contributed by atoms with van der Waals surface area (Å²) in [4.78, 5) is 6.79. The van der Waals surface area contributed by atoms with Crippen molar-refractivity contribution < 1.29 is 4.74 Å². The fourth-order valence-electron chi connectivity index (χ4n) is 2.87. The Hall–Kier alpha value is -0.910. The number of rotatable bonds is 4. The van der Waals surface area contributed by atoms with Crippen molar-refractivity contribution in [3.05, 3.63) is 18.2 Å². The Bertz CT molecular complexity index is 402. The highest BCUT2D eigenvalue weighted by Gasteiger charge is 2.36. The summed E-state index contributed by atoms with van der Waals surface area (Å²) < 4.78 is 8.09. The second-order valence-corrected chi connectivity index (χ2v) is 5.74. The average Bonchev–Trinajstić information content (AvgIpc) is 2.86. The summed E-state index contributed by atoms with van der Waals surface area (Å²) in [5, 5.41) is 0. The molecule has 19 heavy (non-hydrogen) atoms. The second-order valence-electron chi connectivity index (χ2n) is 5.74. The molecule has 5 nitrogen and oxygen atoms in total. The molecule has 1 aromatic rings. The Morgan fingerprint density at radius 2 is 2.11 bits per heavy atom. The third kappa shape index (κ3) is 2.83. The summed E-state index contributed by atoms with van der Waals surface area (Å²) in [7, 11) is 0. The van der Waals surface area contributed by atoms with E-state index in [0.29, 0.717) is 18.6 Å². The molecule has 0 radical (unpaired) electrons. The molecule has 0 aromatic carbocycles. The van der Waals surface area contributed by atoms with Gasteiger partial charge in [-0.1, -0.05) is 0 Å². The van der Waals surface area contributed by atoms with E-state index in [9.17, 15) is 0 Å². The van der Waals surface area contributed by atoms with E-state index >= 15 is 0 Å². The summed E-state index contributed by atoms with van der Waals surface area (Å²) in [6.45, 7) is 11.0. The van der Waals surface area contributed by atoms with Gasteiger partial charge in [-0.25, -0.2) is 4.98 Å². The van der Waals surface area contributed by atoms with Crippen molar-refractivity contribution in [1.82, 2.24) is 14.5 Å². The van der Waals surface area contributed by atoms with Crippen LogP contribution < -0.4 is 5.73 Å². The minimum absolute atomic E-state index is 0.0466. The van der Waals surface area contributed by atoms with Crippen LogP contribution in [0.25, 0.3) is 0 Å². The quantitative estimate of drug-likeness (QED) is 0.899. The first-order chi connectivity index (χ1) is 9.06. The minimum atomic E-state index is 0.0466. The standard InChI is InChI=1S/C14H26N4O/c1-10(2)17-5-6-19-13(7-15)14(17)12-8-16-9-18(12)11(3)4/h8-11,13-14H,5-7,15H2,1-4H3. The molecular weight excluding hydrogens is 240 g/mol. The van der Waals surface area contributed by atoms with Crippen LogP contribution in [0.1, 0.15) is 45.5 Å². The van der Waals surface area contributed by atoms with E-state index in [1.54, 1.807) is 0 Å². The topological polar surface area (TPSA) is 56.3 Å². The van der Waals surface area contributed by atoms with E-state index in [-0.39, 0.29) is 12.1 Å². The van der Waals surface area contributed by atoms with Crippen LogP contribution in [0.15, 0.2) is 12.5 Å². The van der Waals surface area contributed by atoms with E-state index in [2.05, 4.69) is 42.1 Å². The van der Waals surface area contributed by atoms with E-state index in [1.165, 1.54) is 5.69 Å². The number of nitrogens with two attached hydrogens (primary N) is 1. The van der Waals surface area contributed by atoms with Crippen LogP contribution in [-0.2, 0) is 4.74 Å². The molecule has 1 fully saturated rings. The third-order valence-electron chi connectivity index (χ3n) is 3.84. The van der Waals surface area contributed by atoms with Crippen molar-refractivity contribution in [3.63, 3.8) is 0 Å². The molecular formula is C14H26N4O. The van der Waals surface area contributed by atoms with E-state index in [4.69, 9.17) is 10.5 Å². The molecule has 1 aromatic heterocycles. The smallest absolute Gasteiger partial charge is 0.0951 e. The normalized spacial score (nSPS) is 25.4. The Morgan fingerprint density at radius 1 is 1.37 bits per heavy atom. The van der Waals surface area contributed by atoms with Gasteiger partial charge in [-0.2, -0.15) is 0 Å². The zero-order chi connectivity index (χ0) is 14.0. The zero-order valence-corrected chi connectivity index (χ0v) is 12.4. The summed E-state index contributed by atoms with van der Waals surface area (Å²) in [6, 6.07) is 1.06. The van der Waals surface area contributed by atoms with Crippen molar-refractivity contribution in [1.29, 1.82) is 0 Å². The number of imidazole rings is 1. The van der Waals surface area contributed by atoms with Crippen LogP contribution in [0.5, 0.6) is 0 Å². The average molecular weight is 266 g/mol. The van der Waals surface area contributed by atoms with Crippen molar-refractivity contribution in [2.24, 2.45) is 5.73 Å². The number of aromatic nitrogens is 2. The van der Waals surface area contributed by atoms with Gasteiger partial charge in [0.15, 0.2) is 0 Å². The number of nitrogens with zero attached hydrogens (tertiary/aromatic N) is 3. The Morgan fingerprint density at radius 3 is 2.68 bits per heavy atom. The van der Waals surface area contributed by atoms with Crippen LogP contribution in [0, 0.1) is 0 Å². The molecule has 0 amide bonds. The lowest BCUT2D eigenvalue weighted by atomic mass is 10.0. The molecule has 1 saturated heterocycles. The van der Waals surface area contributed by atoms with Crippen molar-refractivity contribution in [2.45, 2.75) is 51.9 Å². The first-order valence-electron chi connectivity index (χ1n) is 7.15. The molecule has 0 saturated carbocycles. The molecule has 2 rings (SSSR count). The van der Waals surface area contributed by atoms with Crippen LogP contribution in [-0.4, -0.2) is 46.3 Å². The van der Waals surface area contributed by atoms with Gasteiger partial charge >= 0.3 is 0 Å². The molecule has 5 heteroatoms. The van der Waals surface area contributed by atoms with Gasteiger partial charge in [-0.15, -0.1) is 0 Å². The molecule has 2 unspecified atom stereocenters. The van der Waals surface area contributed by atoms with Crippen molar-refractivity contribution >= 4 is 0 Å². The summed E-state index contributed by atoms with van der Waals surface area (Å²) in [5.74, 6) is 0. The maximum atomic E-state index is 5.91. The van der Waals surface area contributed by atoms with Gasteiger partial charge in [0.05, 0.1) is 30.8 Å². The van der Waals surface area contributed by atoms with Crippen LogP contribution in [0.3, 0.4) is 0 Å². The van der Waals surface area contributed by atoms with Crippen molar-refractivity contribution in [2.75, 3.05) is 19.7 Å². The summed E-state index contributed by atoms with van der Waals surface area (Å²) in [5.41, 5.74) is 7.11. The summed E-state index contributed by atoms with van der Waals surface area (Å²) >= 11 is 0. The van der Waals surface area contributed by atoms with Crippen LogP contribution >= 0.6 is 0 Å². The second kappa shape index (κ2) is 6.03. The zero-order valence-electron chi connectivity index (χ0n) is 12.4. The van der Waals surface area contributed by atoms with Crippen molar-refractivity contribution in [3.8, 4) is 0 Å². The molecule has 0 aliphatic carbocycles. The van der Waals surface area contributed by atoms with Gasteiger partial charge < -0.3 is 15.0 Å². The van der Waals surface area contributed by atoms with Gasteiger partial charge in [-0.3, -0.25) is 4.90 Å². The lowest BCUT2D eigenvalue weighted by Crippen LogP contribution is -2.51. The van der Waals surface area contributed by atoms with Gasteiger partial charge in [0.2, 0.25) is 0 Å². The Kier molecular flexibility index (Phi) is 4.60. The number of morpholine rings is 1. The maximum absolute atomic E-state index is 5.91. The lowest BCUT2D eigenvalue weighted by Gasteiger charge is -2.43. The van der Waals surface area contributed by atoms with Gasteiger partial charge in [0.25, 0.3) is 0 Å². The maximum Gasteiger partial charge on any atom is 0.0951 e. The van der Waals surface area contributed by atoms with Crippen LogP contribution in [0.2, 0.25) is 0 Å². The van der Waals surface area contributed by atoms with Gasteiger partial charge in [-0.05, 0) is 27.7 Å². The number of ether oxygens (including phenoxy) is 1. The molecule has 2 N–H and O–H groups in total. The lowest BCUT2D eigenvalue weighted by molar-refractivity contribution is -0.0814. The molecule has 2 atom stereocenters. The largest absolute Gasteiger partial charge is 0.374 e. The highest BCUT2D eigenvalue weighted by Crippen LogP contribution is 2.31. The Labute approximate surface area is 115 Å². The molecule has 108 valence electrons. The fraction of sp³-hybridized carbons (Fsp3) is 0.786. The first kappa shape index (κ1) is 14.5. The van der Waals surface area contributed by atoms with Gasteiger partial charge in [0.1, 0.15) is 0 Å². The highest BCUT2D eigenvalue weighted by atomic mass is 16.5.